The molecule has 0 aliphatic rings. The Bertz CT molecular complexity index is 896. The van der Waals surface area contributed by atoms with Crippen LogP contribution in [0.25, 0.3) is 11.4 Å². The molecule has 0 amide bonds. The van der Waals surface area contributed by atoms with Gasteiger partial charge in [0.15, 0.2) is 15.2 Å². The van der Waals surface area contributed by atoms with Crippen molar-refractivity contribution in [2.24, 2.45) is 5.92 Å². The maximum atomic E-state index is 11.7. The Morgan fingerprint density at radius 2 is 2.19 bits per heavy atom. The minimum Gasteiger partial charge on any atom is -0.465 e. The Balaban J connectivity index is 1.85. The molecule has 136 valence electrons. The average molecular weight is 394 g/mol. The molecule has 1 unspecified atom stereocenters. The number of nitrogens with one attached hydrogen (secondary N) is 1. The van der Waals surface area contributed by atoms with E-state index in [2.05, 4.69) is 25.4 Å². The average Bonchev–Trinajstić information content (AvgIpc) is 3.26. The first-order valence-electron chi connectivity index (χ1n) is 7.74. The van der Waals surface area contributed by atoms with Crippen molar-refractivity contribution < 1.29 is 14.1 Å². The SMILES string of the molecule is COC(=O)c1sc(NC(c2nc(-c3cccnc3)no2)C(C)C)nc1Cl. The van der Waals surface area contributed by atoms with Crippen LogP contribution in [0, 0.1) is 5.92 Å². The summed E-state index contributed by atoms with van der Waals surface area (Å²) in [7, 11) is 1.29. The van der Waals surface area contributed by atoms with Gasteiger partial charge in [-0.3, -0.25) is 4.98 Å². The van der Waals surface area contributed by atoms with Gasteiger partial charge >= 0.3 is 5.97 Å². The third-order valence-corrected chi connectivity index (χ3v) is 4.88. The van der Waals surface area contributed by atoms with Crippen LogP contribution in [0.3, 0.4) is 0 Å². The van der Waals surface area contributed by atoms with Gasteiger partial charge in [-0.2, -0.15) is 4.98 Å². The molecule has 3 aromatic heterocycles. The van der Waals surface area contributed by atoms with Gasteiger partial charge in [-0.25, -0.2) is 9.78 Å². The van der Waals surface area contributed by atoms with Gasteiger partial charge in [0.25, 0.3) is 0 Å². The standard InChI is InChI=1S/C16H16ClN5O3S/c1-8(2)10(19-16-20-12(17)11(26-16)15(23)24-3)14-21-13(22-25-14)9-5-4-6-18-7-9/h4-8,10H,1-3H3,(H,19,20). The zero-order chi connectivity index (χ0) is 18.7. The number of esters is 1. The smallest absolute Gasteiger partial charge is 0.351 e. The Kier molecular flexibility index (Phi) is 5.48. The molecule has 0 bridgehead atoms. The van der Waals surface area contributed by atoms with E-state index in [1.54, 1.807) is 18.5 Å². The molecular formula is C16H16ClN5O3S. The van der Waals surface area contributed by atoms with Crippen LogP contribution < -0.4 is 5.32 Å². The Hall–Kier alpha value is -2.52. The molecule has 0 aromatic carbocycles. The molecule has 0 spiro atoms. The summed E-state index contributed by atoms with van der Waals surface area (Å²) in [6, 6.07) is 3.35. The number of methoxy groups -OCH3 is 1. The van der Waals surface area contributed by atoms with Crippen molar-refractivity contribution in [1.82, 2.24) is 20.1 Å². The highest BCUT2D eigenvalue weighted by molar-refractivity contribution is 7.18. The summed E-state index contributed by atoms with van der Waals surface area (Å²) in [5, 5.41) is 7.77. The molecule has 26 heavy (non-hydrogen) atoms. The van der Waals surface area contributed by atoms with E-state index < -0.39 is 5.97 Å². The molecule has 0 saturated heterocycles. The molecule has 1 N–H and O–H groups in total. The summed E-state index contributed by atoms with van der Waals surface area (Å²) < 4.78 is 10.1. The lowest BCUT2D eigenvalue weighted by Crippen LogP contribution is -2.17. The zero-order valence-corrected chi connectivity index (χ0v) is 15.8. The van der Waals surface area contributed by atoms with Gasteiger partial charge in [0.2, 0.25) is 11.7 Å². The third-order valence-electron chi connectivity index (χ3n) is 3.53. The van der Waals surface area contributed by atoms with Crippen LogP contribution in [0.5, 0.6) is 0 Å². The van der Waals surface area contributed by atoms with E-state index in [1.807, 2.05) is 19.9 Å². The lowest BCUT2D eigenvalue weighted by molar-refractivity contribution is 0.0606. The number of carbonyl (C=O) groups excluding carboxylic acids is 1. The second-order valence-corrected chi connectivity index (χ2v) is 7.05. The van der Waals surface area contributed by atoms with E-state index in [9.17, 15) is 4.79 Å². The number of thiazole rings is 1. The fraction of sp³-hybridized carbons (Fsp3) is 0.312. The lowest BCUT2D eigenvalue weighted by Gasteiger charge is -2.17. The zero-order valence-electron chi connectivity index (χ0n) is 14.3. The molecule has 3 aromatic rings. The van der Waals surface area contributed by atoms with Crippen LogP contribution in [-0.2, 0) is 4.74 Å². The number of rotatable bonds is 6. The first kappa shape index (κ1) is 18.3. The van der Waals surface area contributed by atoms with Crippen molar-refractivity contribution >= 4 is 34.0 Å². The van der Waals surface area contributed by atoms with Crippen molar-refractivity contribution in [2.75, 3.05) is 12.4 Å². The maximum Gasteiger partial charge on any atom is 0.351 e. The quantitative estimate of drug-likeness (QED) is 0.630. The maximum absolute atomic E-state index is 11.7. The van der Waals surface area contributed by atoms with Crippen LogP contribution in [-0.4, -0.2) is 33.2 Å². The summed E-state index contributed by atoms with van der Waals surface area (Å²) in [5.41, 5.74) is 0.760. The molecule has 3 heterocycles. The summed E-state index contributed by atoms with van der Waals surface area (Å²) >= 11 is 7.12. The second-order valence-electron chi connectivity index (χ2n) is 5.69. The molecule has 0 aliphatic carbocycles. The topological polar surface area (TPSA) is 103 Å². The number of nitrogens with zero attached hydrogens (tertiary/aromatic N) is 4. The second kappa shape index (κ2) is 7.79. The Labute approximate surface area is 158 Å². The molecule has 1 atom stereocenters. The summed E-state index contributed by atoms with van der Waals surface area (Å²) in [4.78, 5) is 24.6. The van der Waals surface area contributed by atoms with Crippen molar-refractivity contribution in [3.63, 3.8) is 0 Å². The van der Waals surface area contributed by atoms with Crippen molar-refractivity contribution in [1.29, 1.82) is 0 Å². The fourth-order valence-corrected chi connectivity index (χ4v) is 3.34. The van der Waals surface area contributed by atoms with E-state index in [-0.39, 0.29) is 22.0 Å². The highest BCUT2D eigenvalue weighted by Crippen LogP contribution is 2.32. The van der Waals surface area contributed by atoms with E-state index in [0.717, 1.165) is 16.9 Å². The molecule has 0 aliphatic heterocycles. The van der Waals surface area contributed by atoms with E-state index in [0.29, 0.717) is 16.8 Å². The highest BCUT2D eigenvalue weighted by Gasteiger charge is 2.26. The van der Waals surface area contributed by atoms with Crippen LogP contribution in [0.4, 0.5) is 5.13 Å². The highest BCUT2D eigenvalue weighted by atomic mass is 35.5. The number of hydrogen-bond acceptors (Lipinski definition) is 9. The van der Waals surface area contributed by atoms with Gasteiger partial charge in [-0.1, -0.05) is 41.9 Å². The first-order chi connectivity index (χ1) is 12.5. The molecule has 0 saturated carbocycles. The Morgan fingerprint density at radius 1 is 1.38 bits per heavy atom. The predicted molar refractivity (Wildman–Crippen MR) is 97.2 cm³/mol. The molecule has 0 fully saturated rings. The van der Waals surface area contributed by atoms with Crippen LogP contribution in [0.15, 0.2) is 29.0 Å². The van der Waals surface area contributed by atoms with Crippen molar-refractivity contribution in [3.8, 4) is 11.4 Å². The van der Waals surface area contributed by atoms with E-state index in [1.165, 1.54) is 7.11 Å². The number of anilines is 1. The van der Waals surface area contributed by atoms with Gasteiger partial charge in [0, 0.05) is 18.0 Å². The fourth-order valence-electron chi connectivity index (χ4n) is 2.20. The monoisotopic (exact) mass is 393 g/mol. The lowest BCUT2D eigenvalue weighted by atomic mass is 10.0. The number of ether oxygens (including phenoxy) is 1. The van der Waals surface area contributed by atoms with Gasteiger partial charge < -0.3 is 14.6 Å². The number of halogens is 1. The van der Waals surface area contributed by atoms with Crippen molar-refractivity contribution in [2.45, 2.75) is 19.9 Å². The van der Waals surface area contributed by atoms with E-state index >= 15 is 0 Å². The van der Waals surface area contributed by atoms with Gasteiger partial charge in [0.1, 0.15) is 6.04 Å². The number of hydrogen-bond donors (Lipinski definition) is 1. The third kappa shape index (κ3) is 3.83. The van der Waals surface area contributed by atoms with Crippen molar-refractivity contribution in [3.05, 3.63) is 40.4 Å². The van der Waals surface area contributed by atoms with Crippen LogP contribution in [0.1, 0.15) is 35.5 Å². The first-order valence-corrected chi connectivity index (χ1v) is 8.94. The minimum absolute atomic E-state index is 0.0911. The predicted octanol–water partition coefficient (Wildman–Crippen LogP) is 3.84. The number of carbonyl (C=O) groups is 1. The summed E-state index contributed by atoms with van der Waals surface area (Å²) in [6.45, 7) is 4.00. The van der Waals surface area contributed by atoms with Gasteiger partial charge in [-0.15, -0.1) is 0 Å². The van der Waals surface area contributed by atoms with Crippen LogP contribution >= 0.6 is 22.9 Å². The van der Waals surface area contributed by atoms with E-state index in [4.69, 9.17) is 20.9 Å². The Morgan fingerprint density at radius 3 is 2.85 bits per heavy atom. The summed E-state index contributed by atoms with van der Waals surface area (Å²) in [6.07, 6.45) is 3.34. The van der Waals surface area contributed by atoms with Gasteiger partial charge in [0.05, 0.1) is 7.11 Å². The molecule has 10 heteroatoms. The normalized spacial score (nSPS) is 12.2. The molecule has 3 rings (SSSR count). The summed E-state index contributed by atoms with van der Waals surface area (Å²) in [5.74, 6) is 0.442. The molecular weight excluding hydrogens is 378 g/mol. The van der Waals surface area contributed by atoms with Gasteiger partial charge in [-0.05, 0) is 18.1 Å². The molecule has 8 nitrogen and oxygen atoms in total. The minimum atomic E-state index is -0.529. The largest absolute Gasteiger partial charge is 0.465 e. The van der Waals surface area contributed by atoms with Crippen LogP contribution in [0.2, 0.25) is 5.15 Å². The number of aromatic nitrogens is 4. The molecule has 0 radical (unpaired) electrons. The number of pyridine rings is 1.